The van der Waals surface area contributed by atoms with Gasteiger partial charge in [0, 0.05) is 25.4 Å². The largest absolute Gasteiger partial charge is 0.452 e. The van der Waals surface area contributed by atoms with Gasteiger partial charge in [-0.1, -0.05) is 26.0 Å². The highest BCUT2D eigenvalue weighted by Crippen LogP contribution is 2.45. The van der Waals surface area contributed by atoms with Crippen molar-refractivity contribution >= 4 is 29.4 Å². The van der Waals surface area contributed by atoms with E-state index in [-0.39, 0.29) is 49.1 Å². The number of esters is 1. The molecule has 1 N–H and O–H groups in total. The fourth-order valence-corrected chi connectivity index (χ4v) is 4.62. The summed E-state index contributed by atoms with van der Waals surface area (Å²) in [5.41, 5.74) is -0.758. The van der Waals surface area contributed by atoms with Crippen LogP contribution in [0.5, 0.6) is 0 Å². The van der Waals surface area contributed by atoms with Crippen LogP contribution in [0.1, 0.15) is 56.8 Å². The minimum absolute atomic E-state index is 0.0366. The Balaban J connectivity index is 1.63. The van der Waals surface area contributed by atoms with Crippen molar-refractivity contribution in [2.75, 3.05) is 18.1 Å². The van der Waals surface area contributed by atoms with Gasteiger partial charge in [0.2, 0.25) is 11.6 Å². The van der Waals surface area contributed by atoms with Gasteiger partial charge in [-0.25, -0.2) is 4.79 Å². The van der Waals surface area contributed by atoms with Gasteiger partial charge in [0.1, 0.15) is 0 Å². The number of amides is 3. The van der Waals surface area contributed by atoms with E-state index in [1.165, 1.54) is 9.80 Å². The standard InChI is InChI=1S/C23H29N3O5/c1-14(2)12-25-21(29)17-6-4-5-7-18(17)26-20(28)10-11-23(25,26)22(30)31-13-19(27)24-15(3)16-8-9-16/h4-7,14-16H,8-13H2,1-3H3,(H,24,27)/t15-,23-/m0/s1. The maximum atomic E-state index is 13.4. The fourth-order valence-electron chi connectivity index (χ4n) is 4.62. The van der Waals surface area contributed by atoms with Gasteiger partial charge in [-0.15, -0.1) is 0 Å². The lowest BCUT2D eigenvalue weighted by atomic mass is 9.95. The molecule has 3 aliphatic rings. The third-order valence-electron chi connectivity index (χ3n) is 6.30. The van der Waals surface area contributed by atoms with Crippen molar-refractivity contribution < 1.29 is 23.9 Å². The summed E-state index contributed by atoms with van der Waals surface area (Å²) in [4.78, 5) is 54.9. The maximum Gasteiger partial charge on any atom is 0.354 e. The van der Waals surface area contributed by atoms with Gasteiger partial charge < -0.3 is 15.0 Å². The average molecular weight is 428 g/mol. The predicted molar refractivity (Wildman–Crippen MR) is 113 cm³/mol. The van der Waals surface area contributed by atoms with Gasteiger partial charge in [-0.05, 0) is 43.7 Å². The number of hydrogen-bond acceptors (Lipinski definition) is 5. The number of hydrogen-bond donors (Lipinski definition) is 1. The second-order valence-corrected chi connectivity index (χ2v) is 9.14. The van der Waals surface area contributed by atoms with Crippen LogP contribution in [0.25, 0.3) is 0 Å². The second kappa shape index (κ2) is 7.98. The zero-order chi connectivity index (χ0) is 22.3. The molecule has 3 amide bonds. The fraction of sp³-hybridized carbons (Fsp3) is 0.565. The number of anilines is 1. The van der Waals surface area contributed by atoms with Gasteiger partial charge in [0.15, 0.2) is 6.61 Å². The van der Waals surface area contributed by atoms with E-state index >= 15 is 0 Å². The van der Waals surface area contributed by atoms with Crippen LogP contribution in [0.3, 0.4) is 0 Å². The molecule has 1 saturated carbocycles. The molecule has 0 spiro atoms. The molecule has 0 bridgehead atoms. The first-order valence-electron chi connectivity index (χ1n) is 11.0. The molecule has 8 heteroatoms. The van der Waals surface area contributed by atoms with E-state index in [1.807, 2.05) is 20.8 Å². The lowest BCUT2D eigenvalue weighted by Crippen LogP contribution is -2.69. The van der Waals surface area contributed by atoms with E-state index in [0.717, 1.165) is 12.8 Å². The summed E-state index contributed by atoms with van der Waals surface area (Å²) in [6, 6.07) is 6.85. The second-order valence-electron chi connectivity index (χ2n) is 9.14. The van der Waals surface area contributed by atoms with Gasteiger partial charge in [-0.3, -0.25) is 19.3 Å². The third kappa shape index (κ3) is 3.68. The maximum absolute atomic E-state index is 13.4. The molecule has 4 rings (SSSR count). The number of carbonyl (C=O) groups is 4. The van der Waals surface area contributed by atoms with Crippen molar-refractivity contribution in [1.29, 1.82) is 0 Å². The number of carbonyl (C=O) groups excluding carboxylic acids is 4. The molecule has 0 aromatic heterocycles. The van der Waals surface area contributed by atoms with E-state index in [2.05, 4.69) is 5.32 Å². The molecule has 1 saturated heterocycles. The minimum atomic E-state index is -1.56. The summed E-state index contributed by atoms with van der Waals surface area (Å²) in [7, 11) is 0. The van der Waals surface area contributed by atoms with E-state index in [1.54, 1.807) is 24.3 Å². The first-order valence-corrected chi connectivity index (χ1v) is 11.0. The highest BCUT2D eigenvalue weighted by molar-refractivity contribution is 6.15. The Bertz CT molecular complexity index is 926. The topological polar surface area (TPSA) is 96.0 Å². The van der Waals surface area contributed by atoms with Crippen LogP contribution >= 0.6 is 0 Å². The van der Waals surface area contributed by atoms with Crippen LogP contribution in [-0.2, 0) is 19.1 Å². The highest BCUT2D eigenvalue weighted by Gasteiger charge is 2.62. The van der Waals surface area contributed by atoms with Crippen molar-refractivity contribution in [1.82, 2.24) is 10.2 Å². The first-order chi connectivity index (χ1) is 14.8. The smallest absolute Gasteiger partial charge is 0.354 e. The van der Waals surface area contributed by atoms with E-state index < -0.39 is 18.2 Å². The normalized spacial score (nSPS) is 23.5. The Kier molecular flexibility index (Phi) is 5.49. The molecule has 1 aromatic rings. The molecular weight excluding hydrogens is 398 g/mol. The molecular formula is C23H29N3O5. The molecule has 2 atom stereocenters. The summed E-state index contributed by atoms with van der Waals surface area (Å²) in [6.45, 7) is 5.68. The predicted octanol–water partition coefficient (Wildman–Crippen LogP) is 2.08. The number of fused-ring (bicyclic) bond motifs is 3. The quantitative estimate of drug-likeness (QED) is 0.672. The molecule has 8 nitrogen and oxygen atoms in total. The van der Waals surface area contributed by atoms with Crippen LogP contribution in [0.2, 0.25) is 0 Å². The van der Waals surface area contributed by atoms with Crippen molar-refractivity contribution in [3.63, 3.8) is 0 Å². The molecule has 2 heterocycles. The van der Waals surface area contributed by atoms with Crippen molar-refractivity contribution in [2.45, 2.75) is 58.2 Å². The minimum Gasteiger partial charge on any atom is -0.452 e. The number of ether oxygens (including phenoxy) is 1. The summed E-state index contributed by atoms with van der Waals surface area (Å²) >= 11 is 0. The third-order valence-corrected chi connectivity index (χ3v) is 6.30. The lowest BCUT2D eigenvalue weighted by molar-refractivity contribution is -0.160. The van der Waals surface area contributed by atoms with Crippen LogP contribution in [0.15, 0.2) is 24.3 Å². The van der Waals surface area contributed by atoms with Crippen LogP contribution in [-0.4, -0.2) is 53.4 Å². The zero-order valence-corrected chi connectivity index (χ0v) is 18.2. The van der Waals surface area contributed by atoms with Crippen LogP contribution in [0, 0.1) is 11.8 Å². The molecule has 1 aliphatic carbocycles. The van der Waals surface area contributed by atoms with Crippen molar-refractivity contribution in [2.24, 2.45) is 11.8 Å². The average Bonchev–Trinajstić information content (AvgIpc) is 3.52. The molecule has 2 fully saturated rings. The molecule has 166 valence electrons. The van der Waals surface area contributed by atoms with Crippen molar-refractivity contribution in [3.8, 4) is 0 Å². The summed E-state index contributed by atoms with van der Waals surface area (Å²) < 4.78 is 5.43. The number of nitrogens with one attached hydrogen (secondary N) is 1. The number of para-hydroxylation sites is 1. The Morgan fingerprint density at radius 2 is 1.90 bits per heavy atom. The monoisotopic (exact) mass is 427 g/mol. The van der Waals surface area contributed by atoms with Gasteiger partial charge in [0.25, 0.3) is 11.8 Å². The first kappa shape index (κ1) is 21.3. The molecule has 31 heavy (non-hydrogen) atoms. The summed E-state index contributed by atoms with van der Waals surface area (Å²) in [5, 5.41) is 2.86. The Labute approximate surface area is 181 Å². The molecule has 0 radical (unpaired) electrons. The molecule has 1 aromatic carbocycles. The van der Waals surface area contributed by atoms with E-state index in [4.69, 9.17) is 4.74 Å². The number of rotatable bonds is 7. The van der Waals surface area contributed by atoms with Gasteiger partial charge in [-0.2, -0.15) is 0 Å². The van der Waals surface area contributed by atoms with Gasteiger partial charge in [0.05, 0.1) is 11.3 Å². The Hall–Kier alpha value is -2.90. The number of benzene rings is 1. The van der Waals surface area contributed by atoms with E-state index in [9.17, 15) is 19.2 Å². The highest BCUT2D eigenvalue weighted by atomic mass is 16.5. The molecule has 0 unspecified atom stereocenters. The SMILES string of the molecule is CC(C)CN1C(=O)c2ccccc2N2C(=O)CC[C@]12C(=O)OCC(=O)N[C@@H](C)C1CC1. The summed E-state index contributed by atoms with van der Waals surface area (Å²) in [6.07, 6.45) is 2.44. The Morgan fingerprint density at radius 3 is 2.58 bits per heavy atom. The zero-order valence-electron chi connectivity index (χ0n) is 18.2. The lowest BCUT2D eigenvalue weighted by Gasteiger charge is -2.48. The van der Waals surface area contributed by atoms with Gasteiger partial charge >= 0.3 is 5.97 Å². The van der Waals surface area contributed by atoms with Crippen molar-refractivity contribution in [3.05, 3.63) is 29.8 Å². The van der Waals surface area contributed by atoms with Crippen LogP contribution < -0.4 is 10.2 Å². The molecule has 2 aliphatic heterocycles. The summed E-state index contributed by atoms with van der Waals surface area (Å²) in [5.74, 6) is -1.11. The Morgan fingerprint density at radius 1 is 1.19 bits per heavy atom. The number of nitrogens with zero attached hydrogens (tertiary/aromatic N) is 2. The van der Waals surface area contributed by atoms with E-state index in [0.29, 0.717) is 17.2 Å². The van der Waals surface area contributed by atoms with Crippen LogP contribution in [0.4, 0.5) is 5.69 Å².